The van der Waals surface area contributed by atoms with Crippen LogP contribution < -0.4 is 10.5 Å². The van der Waals surface area contributed by atoms with Crippen molar-refractivity contribution < 1.29 is 9.13 Å². The van der Waals surface area contributed by atoms with Gasteiger partial charge in [-0.25, -0.2) is 4.39 Å². The lowest BCUT2D eigenvalue weighted by Crippen LogP contribution is -2.21. The van der Waals surface area contributed by atoms with Crippen molar-refractivity contribution >= 4 is 0 Å². The second kappa shape index (κ2) is 3.34. The lowest BCUT2D eigenvalue weighted by atomic mass is 9.93. The molecule has 2 nitrogen and oxygen atoms in total. The summed E-state index contributed by atoms with van der Waals surface area (Å²) in [5.41, 5.74) is 6.50. The first kappa shape index (κ1) is 8.51. The van der Waals surface area contributed by atoms with Gasteiger partial charge in [-0.2, -0.15) is 0 Å². The SMILES string of the molecule is NC[C@H]1CCOc2c(F)cccc21. The van der Waals surface area contributed by atoms with Gasteiger partial charge in [-0.05, 0) is 19.0 Å². The summed E-state index contributed by atoms with van der Waals surface area (Å²) in [6.45, 7) is 1.12. The third-order valence-electron chi connectivity index (χ3n) is 2.43. The maximum Gasteiger partial charge on any atom is 0.165 e. The van der Waals surface area contributed by atoms with Gasteiger partial charge in [0.05, 0.1) is 6.61 Å². The van der Waals surface area contributed by atoms with E-state index in [0.29, 0.717) is 18.9 Å². The highest BCUT2D eigenvalue weighted by Crippen LogP contribution is 2.34. The van der Waals surface area contributed by atoms with E-state index in [1.54, 1.807) is 6.07 Å². The van der Waals surface area contributed by atoms with Crippen molar-refractivity contribution in [3.05, 3.63) is 29.6 Å². The van der Waals surface area contributed by atoms with E-state index in [0.717, 1.165) is 12.0 Å². The van der Waals surface area contributed by atoms with Crippen molar-refractivity contribution in [3.63, 3.8) is 0 Å². The Morgan fingerprint density at radius 3 is 3.15 bits per heavy atom. The van der Waals surface area contributed by atoms with Crippen LogP contribution in [0.2, 0.25) is 0 Å². The Balaban J connectivity index is 2.45. The quantitative estimate of drug-likeness (QED) is 0.715. The smallest absolute Gasteiger partial charge is 0.165 e. The average molecular weight is 181 g/mol. The fraction of sp³-hybridized carbons (Fsp3) is 0.400. The molecule has 0 spiro atoms. The number of fused-ring (bicyclic) bond motifs is 1. The highest BCUT2D eigenvalue weighted by atomic mass is 19.1. The van der Waals surface area contributed by atoms with Gasteiger partial charge in [-0.15, -0.1) is 0 Å². The maximum absolute atomic E-state index is 13.2. The lowest BCUT2D eigenvalue weighted by Gasteiger charge is -2.24. The van der Waals surface area contributed by atoms with Gasteiger partial charge in [-0.1, -0.05) is 12.1 Å². The summed E-state index contributed by atoms with van der Waals surface area (Å²) < 4.78 is 18.5. The molecular weight excluding hydrogens is 169 g/mol. The van der Waals surface area contributed by atoms with Crippen LogP contribution in [0.15, 0.2) is 18.2 Å². The predicted molar refractivity (Wildman–Crippen MR) is 48.3 cm³/mol. The lowest BCUT2D eigenvalue weighted by molar-refractivity contribution is 0.255. The zero-order valence-corrected chi connectivity index (χ0v) is 7.29. The second-order valence-electron chi connectivity index (χ2n) is 3.23. The second-order valence-corrected chi connectivity index (χ2v) is 3.23. The molecule has 3 heteroatoms. The topological polar surface area (TPSA) is 35.2 Å². The van der Waals surface area contributed by atoms with Crippen LogP contribution in [0.4, 0.5) is 4.39 Å². The Kier molecular flexibility index (Phi) is 2.19. The number of benzene rings is 1. The fourth-order valence-corrected chi connectivity index (χ4v) is 1.70. The molecule has 0 saturated heterocycles. The standard InChI is InChI=1S/C10H12FNO/c11-9-3-1-2-8-7(6-12)4-5-13-10(8)9/h1-3,7H,4-6,12H2/t7-/m1/s1. The highest BCUT2D eigenvalue weighted by molar-refractivity contribution is 5.39. The number of ether oxygens (including phenoxy) is 1. The van der Waals surface area contributed by atoms with Crippen molar-refractivity contribution in [1.29, 1.82) is 0 Å². The number of nitrogens with two attached hydrogens (primary N) is 1. The van der Waals surface area contributed by atoms with Gasteiger partial charge in [-0.3, -0.25) is 0 Å². The van der Waals surface area contributed by atoms with Gasteiger partial charge < -0.3 is 10.5 Å². The molecule has 1 heterocycles. The molecule has 0 unspecified atom stereocenters. The molecule has 0 saturated carbocycles. The summed E-state index contributed by atoms with van der Waals surface area (Å²) in [5.74, 6) is 0.360. The van der Waals surface area contributed by atoms with Crippen LogP contribution in [0.3, 0.4) is 0 Å². The van der Waals surface area contributed by atoms with Gasteiger partial charge >= 0.3 is 0 Å². The highest BCUT2D eigenvalue weighted by Gasteiger charge is 2.22. The van der Waals surface area contributed by atoms with Crippen molar-refractivity contribution in [2.24, 2.45) is 5.73 Å². The van der Waals surface area contributed by atoms with E-state index in [9.17, 15) is 4.39 Å². The van der Waals surface area contributed by atoms with E-state index in [1.807, 2.05) is 6.07 Å². The summed E-state index contributed by atoms with van der Waals surface area (Å²) in [4.78, 5) is 0. The van der Waals surface area contributed by atoms with Crippen LogP contribution in [0, 0.1) is 5.82 Å². The van der Waals surface area contributed by atoms with Gasteiger partial charge in [0, 0.05) is 11.5 Å². The molecule has 1 aromatic rings. The molecule has 70 valence electrons. The normalized spacial score (nSPS) is 20.6. The summed E-state index contributed by atoms with van der Waals surface area (Å²) in [5, 5.41) is 0. The minimum absolute atomic E-state index is 0.249. The molecule has 13 heavy (non-hydrogen) atoms. The van der Waals surface area contributed by atoms with Gasteiger partial charge in [0.1, 0.15) is 0 Å². The van der Waals surface area contributed by atoms with Crippen LogP contribution in [0.25, 0.3) is 0 Å². The minimum atomic E-state index is -0.282. The van der Waals surface area contributed by atoms with E-state index < -0.39 is 0 Å². The Bertz CT molecular complexity index is 314. The summed E-state index contributed by atoms with van der Waals surface area (Å²) in [6, 6.07) is 5.00. The summed E-state index contributed by atoms with van der Waals surface area (Å²) >= 11 is 0. The Morgan fingerprint density at radius 1 is 1.54 bits per heavy atom. The zero-order chi connectivity index (χ0) is 9.26. The van der Waals surface area contributed by atoms with E-state index in [2.05, 4.69) is 0 Å². The van der Waals surface area contributed by atoms with E-state index >= 15 is 0 Å². The molecule has 1 aromatic carbocycles. The summed E-state index contributed by atoms with van der Waals surface area (Å²) in [7, 11) is 0. The molecule has 1 aliphatic rings. The van der Waals surface area contributed by atoms with E-state index in [4.69, 9.17) is 10.5 Å². The molecule has 0 radical (unpaired) electrons. The first-order valence-electron chi connectivity index (χ1n) is 4.44. The number of rotatable bonds is 1. The fourth-order valence-electron chi connectivity index (χ4n) is 1.70. The number of hydrogen-bond donors (Lipinski definition) is 1. The third-order valence-corrected chi connectivity index (χ3v) is 2.43. The van der Waals surface area contributed by atoms with Gasteiger partial charge in [0.2, 0.25) is 0 Å². The first-order valence-corrected chi connectivity index (χ1v) is 4.44. The molecule has 1 atom stereocenters. The molecule has 2 N–H and O–H groups in total. The van der Waals surface area contributed by atoms with Crippen LogP contribution in [-0.4, -0.2) is 13.2 Å². The molecule has 0 bridgehead atoms. The Hall–Kier alpha value is -1.09. The zero-order valence-electron chi connectivity index (χ0n) is 7.29. The number of hydrogen-bond acceptors (Lipinski definition) is 2. The minimum Gasteiger partial charge on any atom is -0.490 e. The van der Waals surface area contributed by atoms with Crippen LogP contribution in [0.1, 0.15) is 17.9 Å². The average Bonchev–Trinajstić information content (AvgIpc) is 2.18. The largest absolute Gasteiger partial charge is 0.490 e. The van der Waals surface area contributed by atoms with Gasteiger partial charge in [0.25, 0.3) is 0 Å². The predicted octanol–water partition coefficient (Wildman–Crippen LogP) is 1.65. The van der Waals surface area contributed by atoms with Crippen LogP contribution >= 0.6 is 0 Å². The Morgan fingerprint density at radius 2 is 2.38 bits per heavy atom. The van der Waals surface area contributed by atoms with Crippen molar-refractivity contribution in [2.75, 3.05) is 13.2 Å². The molecular formula is C10H12FNO. The Labute approximate surface area is 76.5 Å². The van der Waals surface area contributed by atoms with Crippen molar-refractivity contribution in [1.82, 2.24) is 0 Å². The molecule has 0 aromatic heterocycles. The third kappa shape index (κ3) is 1.40. The maximum atomic E-state index is 13.2. The summed E-state index contributed by atoms with van der Waals surface area (Å²) in [6.07, 6.45) is 0.882. The van der Waals surface area contributed by atoms with Gasteiger partial charge in [0.15, 0.2) is 11.6 Å². The van der Waals surface area contributed by atoms with E-state index in [1.165, 1.54) is 6.07 Å². The van der Waals surface area contributed by atoms with Crippen molar-refractivity contribution in [2.45, 2.75) is 12.3 Å². The van der Waals surface area contributed by atoms with E-state index in [-0.39, 0.29) is 11.7 Å². The number of para-hydroxylation sites is 1. The molecule has 2 rings (SSSR count). The monoisotopic (exact) mass is 181 g/mol. The van der Waals surface area contributed by atoms with Crippen LogP contribution in [-0.2, 0) is 0 Å². The van der Waals surface area contributed by atoms with Crippen molar-refractivity contribution in [3.8, 4) is 5.75 Å². The number of halogens is 1. The molecule has 0 aliphatic carbocycles. The van der Waals surface area contributed by atoms with Crippen LogP contribution in [0.5, 0.6) is 5.75 Å². The first-order chi connectivity index (χ1) is 6.33. The molecule has 0 amide bonds. The molecule has 0 fully saturated rings. The molecule has 1 aliphatic heterocycles.